The molecule has 4 aliphatic rings. The van der Waals surface area contributed by atoms with Gasteiger partial charge in [-0.1, -0.05) is 38.0 Å². The third-order valence-corrected chi connectivity index (χ3v) is 8.92. The van der Waals surface area contributed by atoms with Gasteiger partial charge in [-0.25, -0.2) is 4.79 Å². The predicted molar refractivity (Wildman–Crippen MR) is 132 cm³/mol. The van der Waals surface area contributed by atoms with Gasteiger partial charge in [-0.2, -0.15) is 4.98 Å². The lowest BCUT2D eigenvalue weighted by atomic mass is 9.64. The van der Waals surface area contributed by atoms with E-state index >= 15 is 0 Å². The van der Waals surface area contributed by atoms with Crippen molar-refractivity contribution in [2.45, 2.75) is 70.9 Å². The molecule has 3 aliphatic heterocycles. The average molecular weight is 473 g/mol. The number of piperidine rings is 1. The summed E-state index contributed by atoms with van der Waals surface area (Å²) in [7, 11) is 0. The van der Waals surface area contributed by atoms with E-state index in [1.54, 1.807) is 6.92 Å². The van der Waals surface area contributed by atoms with Crippen LogP contribution in [0.1, 0.15) is 86.2 Å². The first-order valence-corrected chi connectivity index (χ1v) is 13.3. The van der Waals surface area contributed by atoms with E-state index in [0.29, 0.717) is 18.0 Å². The molecule has 3 aromatic rings. The van der Waals surface area contributed by atoms with Gasteiger partial charge >= 0.3 is 5.97 Å². The van der Waals surface area contributed by atoms with E-state index in [4.69, 9.17) is 9.26 Å². The molecule has 1 unspecified atom stereocenters. The second kappa shape index (κ2) is 7.79. The number of carbonyl (C=O) groups is 1. The fraction of sp³-hybridized carbons (Fsp3) is 0.536. The molecule has 0 amide bonds. The lowest BCUT2D eigenvalue weighted by Gasteiger charge is -2.56. The summed E-state index contributed by atoms with van der Waals surface area (Å²) in [6.07, 6.45) is 11.1. The van der Waals surface area contributed by atoms with Gasteiger partial charge in [-0.3, -0.25) is 4.90 Å². The SMILES string of the molecule is CCOC(=O)c1noc(C2=C[C@]3(CC)CCC(CC4CC4)N4CCc5c(n2c2ccccc52)[C@@H]43)n1. The average Bonchev–Trinajstić information content (AvgIpc) is 3.45. The summed E-state index contributed by atoms with van der Waals surface area (Å²) in [6.45, 7) is 5.50. The summed E-state index contributed by atoms with van der Waals surface area (Å²) in [5.41, 5.74) is 4.95. The molecule has 3 atom stereocenters. The molecule has 7 rings (SSSR count). The van der Waals surface area contributed by atoms with Crippen molar-refractivity contribution in [3.05, 3.63) is 53.3 Å². The third kappa shape index (κ3) is 3.10. The highest BCUT2D eigenvalue weighted by Crippen LogP contribution is 2.59. The monoisotopic (exact) mass is 472 g/mol. The molecule has 0 bridgehead atoms. The Balaban J connectivity index is 1.43. The Bertz CT molecular complexity index is 1350. The van der Waals surface area contributed by atoms with E-state index in [9.17, 15) is 4.79 Å². The van der Waals surface area contributed by atoms with Crippen LogP contribution in [0.25, 0.3) is 16.6 Å². The quantitative estimate of drug-likeness (QED) is 0.450. The van der Waals surface area contributed by atoms with Gasteiger partial charge < -0.3 is 13.8 Å². The van der Waals surface area contributed by atoms with Gasteiger partial charge in [0.1, 0.15) is 5.70 Å². The second-order valence-electron chi connectivity index (χ2n) is 10.7. The lowest BCUT2D eigenvalue weighted by molar-refractivity contribution is -0.0206. The van der Waals surface area contributed by atoms with Crippen molar-refractivity contribution < 1.29 is 14.1 Å². The molecular weight excluding hydrogens is 440 g/mol. The van der Waals surface area contributed by atoms with Gasteiger partial charge in [0.05, 0.1) is 18.2 Å². The van der Waals surface area contributed by atoms with E-state index in [-0.39, 0.29) is 17.8 Å². The maximum Gasteiger partial charge on any atom is 0.379 e. The van der Waals surface area contributed by atoms with E-state index in [1.165, 1.54) is 47.8 Å². The molecule has 1 aromatic carbocycles. The number of aromatic nitrogens is 3. The number of hydrogen-bond donors (Lipinski definition) is 0. The van der Waals surface area contributed by atoms with Gasteiger partial charge in [-0.05, 0) is 67.8 Å². The Labute approximate surface area is 205 Å². The fourth-order valence-electron chi connectivity index (χ4n) is 7.11. The van der Waals surface area contributed by atoms with Crippen molar-refractivity contribution in [3.63, 3.8) is 0 Å². The molecule has 7 nitrogen and oxygen atoms in total. The van der Waals surface area contributed by atoms with Crippen molar-refractivity contribution in [1.82, 2.24) is 19.6 Å². The molecule has 1 aliphatic carbocycles. The van der Waals surface area contributed by atoms with Crippen LogP contribution in [0.3, 0.4) is 0 Å². The number of carbonyl (C=O) groups excluding carboxylic acids is 1. The molecule has 182 valence electrons. The number of para-hydroxylation sites is 1. The summed E-state index contributed by atoms with van der Waals surface area (Å²) >= 11 is 0. The van der Waals surface area contributed by atoms with E-state index in [0.717, 1.165) is 37.4 Å². The van der Waals surface area contributed by atoms with Crippen LogP contribution in [0.4, 0.5) is 0 Å². The standard InChI is InChI=1S/C28H32N4O3/c1-3-28-13-11-18(15-17-9-10-17)31-14-12-20-19-7-5-6-8-21(19)32(23(20)24(28)31)22(16-28)26-29-25(30-35-26)27(33)34-4-2/h5-8,16-18,24H,3-4,9-15H2,1-2H3/t18?,24-,28+/m1/s1. The zero-order valence-corrected chi connectivity index (χ0v) is 20.5. The first-order valence-electron chi connectivity index (χ1n) is 13.3. The second-order valence-corrected chi connectivity index (χ2v) is 10.7. The van der Waals surface area contributed by atoms with Crippen molar-refractivity contribution in [3.8, 4) is 0 Å². The molecule has 0 radical (unpaired) electrons. The Kier molecular flexibility index (Phi) is 4.75. The molecule has 0 spiro atoms. The summed E-state index contributed by atoms with van der Waals surface area (Å²) < 4.78 is 13.2. The van der Waals surface area contributed by atoms with Crippen molar-refractivity contribution >= 4 is 22.6 Å². The first-order chi connectivity index (χ1) is 17.1. The van der Waals surface area contributed by atoms with Crippen LogP contribution >= 0.6 is 0 Å². The highest BCUT2D eigenvalue weighted by atomic mass is 16.5. The molecular formula is C28H32N4O3. The van der Waals surface area contributed by atoms with Crippen LogP contribution in [0.5, 0.6) is 0 Å². The molecule has 5 heterocycles. The number of fused-ring (bicyclic) bond motifs is 3. The minimum atomic E-state index is -0.548. The normalized spacial score (nSPS) is 27.5. The number of hydrogen-bond acceptors (Lipinski definition) is 6. The van der Waals surface area contributed by atoms with E-state index in [1.807, 2.05) is 0 Å². The zero-order chi connectivity index (χ0) is 23.7. The van der Waals surface area contributed by atoms with Gasteiger partial charge in [0.15, 0.2) is 0 Å². The van der Waals surface area contributed by atoms with Crippen LogP contribution in [-0.4, -0.2) is 44.8 Å². The topological polar surface area (TPSA) is 73.4 Å². The Morgan fingerprint density at radius 3 is 2.89 bits per heavy atom. The maximum absolute atomic E-state index is 12.3. The maximum atomic E-state index is 12.3. The van der Waals surface area contributed by atoms with Crippen LogP contribution in [0, 0.1) is 11.3 Å². The highest BCUT2D eigenvalue weighted by molar-refractivity contribution is 5.92. The molecule has 0 N–H and O–H groups in total. The highest BCUT2D eigenvalue weighted by Gasteiger charge is 2.53. The minimum Gasteiger partial charge on any atom is -0.460 e. The summed E-state index contributed by atoms with van der Waals surface area (Å²) in [5, 5.41) is 5.29. The summed E-state index contributed by atoms with van der Waals surface area (Å²) in [4.78, 5) is 19.6. The van der Waals surface area contributed by atoms with Gasteiger partial charge in [0.25, 0.3) is 11.7 Å². The number of esters is 1. The van der Waals surface area contributed by atoms with Crippen LogP contribution in [0.2, 0.25) is 0 Å². The van der Waals surface area contributed by atoms with Gasteiger partial charge in [0.2, 0.25) is 0 Å². The third-order valence-electron chi connectivity index (χ3n) is 8.92. The summed E-state index contributed by atoms with van der Waals surface area (Å²) in [6, 6.07) is 9.70. The molecule has 1 saturated heterocycles. The van der Waals surface area contributed by atoms with Gasteiger partial charge in [0, 0.05) is 29.1 Å². The molecule has 7 heteroatoms. The molecule has 1 saturated carbocycles. The number of rotatable bonds is 6. The molecule has 2 aromatic heterocycles. The largest absolute Gasteiger partial charge is 0.460 e. The molecule has 2 fully saturated rings. The van der Waals surface area contributed by atoms with Crippen LogP contribution in [0.15, 0.2) is 34.9 Å². The van der Waals surface area contributed by atoms with Crippen molar-refractivity contribution in [2.24, 2.45) is 11.3 Å². The zero-order valence-electron chi connectivity index (χ0n) is 20.5. The summed E-state index contributed by atoms with van der Waals surface area (Å²) in [5.74, 6) is 0.750. The van der Waals surface area contributed by atoms with E-state index in [2.05, 4.69) is 56.9 Å². The lowest BCUT2D eigenvalue weighted by Crippen LogP contribution is -2.55. The smallest absolute Gasteiger partial charge is 0.379 e. The minimum absolute atomic E-state index is 0.00743. The number of benzene rings is 1. The number of nitrogens with zero attached hydrogens (tertiary/aromatic N) is 4. The number of ether oxygens (including phenoxy) is 1. The predicted octanol–water partition coefficient (Wildman–Crippen LogP) is 5.36. The fourth-order valence-corrected chi connectivity index (χ4v) is 7.11. The van der Waals surface area contributed by atoms with Gasteiger partial charge in [-0.15, -0.1) is 0 Å². The van der Waals surface area contributed by atoms with Crippen LogP contribution in [-0.2, 0) is 11.2 Å². The Morgan fingerprint density at radius 2 is 2.09 bits per heavy atom. The van der Waals surface area contributed by atoms with Crippen molar-refractivity contribution in [1.29, 1.82) is 0 Å². The molecule has 35 heavy (non-hydrogen) atoms. The van der Waals surface area contributed by atoms with Crippen LogP contribution < -0.4 is 0 Å². The Hall–Kier alpha value is -2.93. The first kappa shape index (κ1) is 21.4. The van der Waals surface area contributed by atoms with Crippen molar-refractivity contribution in [2.75, 3.05) is 13.2 Å². The Morgan fingerprint density at radius 1 is 1.23 bits per heavy atom. The van der Waals surface area contributed by atoms with E-state index < -0.39 is 5.97 Å².